The van der Waals surface area contributed by atoms with Gasteiger partial charge in [-0.3, -0.25) is 0 Å². The normalized spacial score (nSPS) is 12.3. The number of rotatable bonds is 1. The fraction of sp³-hybridized carbons (Fsp3) is 0.778. The van der Waals surface area contributed by atoms with Crippen LogP contribution in [0.4, 0.5) is 0 Å². The van der Waals surface area contributed by atoms with Crippen LogP contribution < -0.4 is 5.32 Å². The van der Waals surface area contributed by atoms with E-state index in [0.29, 0.717) is 6.02 Å². The Balaban J connectivity index is 4.16. The Morgan fingerprint density at radius 1 is 1.23 bits per heavy atom. The summed E-state index contributed by atoms with van der Waals surface area (Å²) in [5.41, 5.74) is 0.795. The first-order chi connectivity index (χ1) is 5.85. The monoisotopic (exact) mass is 185 g/mol. The number of nitrogens with one attached hydrogen (secondary N) is 1. The molecule has 0 rings (SSSR count). The smallest absolute Gasteiger partial charge is 0.315 e. The minimum Gasteiger partial charge on any atom is -0.334 e. The predicted octanol–water partition coefficient (Wildman–Crippen LogP) is 1.77. The van der Waals surface area contributed by atoms with E-state index in [1.54, 1.807) is 7.05 Å². The molecule has 0 aliphatic rings. The maximum atomic E-state index is 5.06. The zero-order valence-corrected chi connectivity index (χ0v) is 9.30. The van der Waals surface area contributed by atoms with Gasteiger partial charge < -0.3 is 10.2 Å². The van der Waals surface area contributed by atoms with Gasteiger partial charge in [-0.15, -0.1) is 0 Å². The molecule has 4 heteroatoms. The van der Waals surface area contributed by atoms with Crippen LogP contribution in [0.3, 0.4) is 0 Å². The van der Waals surface area contributed by atoms with Crippen LogP contribution in [-0.4, -0.2) is 24.3 Å². The number of nitrogens with zero attached hydrogens (tertiary/aromatic N) is 2. The summed E-state index contributed by atoms with van der Waals surface area (Å²) in [4.78, 5) is 8.98. The van der Waals surface area contributed by atoms with Crippen molar-refractivity contribution in [1.82, 2.24) is 5.32 Å². The summed E-state index contributed by atoms with van der Waals surface area (Å²) >= 11 is 0. The number of aliphatic imine (C=N–C) groups is 1. The lowest BCUT2D eigenvalue weighted by Crippen LogP contribution is -2.41. The predicted molar refractivity (Wildman–Crippen MR) is 56.1 cm³/mol. The van der Waals surface area contributed by atoms with Gasteiger partial charge in [0.25, 0.3) is 0 Å². The summed E-state index contributed by atoms with van der Waals surface area (Å²) < 4.78 is 0. The third kappa shape index (κ3) is 7.31. The minimum atomic E-state index is -0.0635. The minimum absolute atomic E-state index is 0.0635. The molecule has 0 heterocycles. The molecule has 0 unspecified atom stereocenters. The molecule has 0 radical (unpaired) electrons. The molecule has 0 bridgehead atoms. The summed E-state index contributed by atoms with van der Waals surface area (Å²) in [5, 5.41) is 6.89. The fourth-order valence-electron chi connectivity index (χ4n) is 0.575. The second kappa shape index (κ2) is 4.84. The number of hydrogen-bond acceptors (Lipinski definition) is 3. The maximum Gasteiger partial charge on any atom is 0.315 e. The number of hydrogen-bond donors (Lipinski definition) is 1. The Bertz CT molecular complexity index is 209. The van der Waals surface area contributed by atoms with Gasteiger partial charge >= 0.3 is 6.02 Å². The van der Waals surface area contributed by atoms with Gasteiger partial charge in [0.05, 0.1) is 5.71 Å². The first kappa shape index (κ1) is 11.9. The SMILES string of the molecule is CN=C(NC(C)(C)C)ON=C(C)C. The van der Waals surface area contributed by atoms with Crippen LogP contribution in [0.25, 0.3) is 0 Å². The molecule has 0 atom stereocenters. The largest absolute Gasteiger partial charge is 0.334 e. The third-order valence-electron chi connectivity index (χ3n) is 1.000. The molecule has 1 N–H and O–H groups in total. The zero-order chi connectivity index (χ0) is 10.5. The second-order valence-electron chi connectivity index (χ2n) is 4.03. The van der Waals surface area contributed by atoms with Crippen LogP contribution in [0.2, 0.25) is 0 Å². The summed E-state index contributed by atoms with van der Waals surface area (Å²) in [7, 11) is 1.66. The molecule has 0 saturated heterocycles. The fourth-order valence-corrected chi connectivity index (χ4v) is 0.575. The molecule has 13 heavy (non-hydrogen) atoms. The lowest BCUT2D eigenvalue weighted by Gasteiger charge is -2.20. The van der Waals surface area contributed by atoms with E-state index < -0.39 is 0 Å². The molecule has 0 aromatic heterocycles. The standard InChI is InChI=1S/C9H19N3O/c1-7(2)12-13-8(10-6)11-9(3,4)5/h1-6H3,(H,10,11). The molecule has 0 aliphatic heterocycles. The van der Waals surface area contributed by atoms with Crippen LogP contribution in [0.1, 0.15) is 34.6 Å². The van der Waals surface area contributed by atoms with Gasteiger partial charge in [-0.2, -0.15) is 0 Å². The van der Waals surface area contributed by atoms with E-state index in [0.717, 1.165) is 5.71 Å². The van der Waals surface area contributed by atoms with E-state index in [4.69, 9.17) is 4.84 Å². The number of amidine groups is 1. The van der Waals surface area contributed by atoms with Gasteiger partial charge in [-0.1, -0.05) is 5.16 Å². The van der Waals surface area contributed by atoms with Gasteiger partial charge in [0.15, 0.2) is 0 Å². The summed E-state index contributed by atoms with van der Waals surface area (Å²) in [5.74, 6) is 0. The summed E-state index contributed by atoms with van der Waals surface area (Å²) in [6.07, 6.45) is 0. The van der Waals surface area contributed by atoms with E-state index in [1.807, 2.05) is 34.6 Å². The second-order valence-corrected chi connectivity index (χ2v) is 4.03. The van der Waals surface area contributed by atoms with Crippen LogP contribution in [0, 0.1) is 0 Å². The average molecular weight is 185 g/mol. The van der Waals surface area contributed by atoms with Crippen LogP contribution in [-0.2, 0) is 4.84 Å². The first-order valence-electron chi connectivity index (χ1n) is 4.28. The summed E-state index contributed by atoms with van der Waals surface area (Å²) in [6.45, 7) is 9.83. The molecular weight excluding hydrogens is 166 g/mol. The quantitative estimate of drug-likeness (QED) is 0.384. The first-order valence-corrected chi connectivity index (χ1v) is 4.28. The molecule has 0 saturated carbocycles. The van der Waals surface area contributed by atoms with E-state index in [-0.39, 0.29) is 5.54 Å². The van der Waals surface area contributed by atoms with Crippen molar-refractivity contribution in [2.75, 3.05) is 7.05 Å². The van der Waals surface area contributed by atoms with Crippen LogP contribution in [0.5, 0.6) is 0 Å². The highest BCUT2D eigenvalue weighted by Crippen LogP contribution is 1.99. The molecular formula is C9H19N3O. The van der Waals surface area contributed by atoms with Crippen molar-refractivity contribution in [1.29, 1.82) is 0 Å². The molecule has 76 valence electrons. The average Bonchev–Trinajstić information content (AvgIpc) is 1.95. The molecule has 0 aromatic carbocycles. The Kier molecular flexibility index (Phi) is 4.45. The highest BCUT2D eigenvalue weighted by molar-refractivity contribution is 5.80. The van der Waals surface area contributed by atoms with Crippen molar-refractivity contribution >= 4 is 11.7 Å². The van der Waals surface area contributed by atoms with Crippen molar-refractivity contribution in [3.05, 3.63) is 0 Å². The Morgan fingerprint density at radius 2 is 1.77 bits per heavy atom. The van der Waals surface area contributed by atoms with Crippen molar-refractivity contribution in [3.8, 4) is 0 Å². The van der Waals surface area contributed by atoms with Crippen molar-refractivity contribution < 1.29 is 4.84 Å². The molecule has 0 spiro atoms. The summed E-state index contributed by atoms with van der Waals surface area (Å²) in [6, 6.07) is 0.439. The van der Waals surface area contributed by atoms with E-state index in [1.165, 1.54) is 0 Å². The van der Waals surface area contributed by atoms with Crippen molar-refractivity contribution in [2.45, 2.75) is 40.2 Å². The van der Waals surface area contributed by atoms with Gasteiger partial charge in [0.1, 0.15) is 0 Å². The van der Waals surface area contributed by atoms with Crippen molar-refractivity contribution in [2.24, 2.45) is 10.1 Å². The van der Waals surface area contributed by atoms with Crippen LogP contribution >= 0.6 is 0 Å². The Morgan fingerprint density at radius 3 is 2.08 bits per heavy atom. The highest BCUT2D eigenvalue weighted by atomic mass is 16.6. The zero-order valence-electron chi connectivity index (χ0n) is 9.30. The van der Waals surface area contributed by atoms with Crippen molar-refractivity contribution in [3.63, 3.8) is 0 Å². The molecule has 0 aliphatic carbocycles. The molecule has 0 aromatic rings. The molecule has 0 fully saturated rings. The van der Waals surface area contributed by atoms with Gasteiger partial charge in [-0.25, -0.2) is 4.99 Å². The molecule has 4 nitrogen and oxygen atoms in total. The lowest BCUT2D eigenvalue weighted by atomic mass is 10.1. The van der Waals surface area contributed by atoms with E-state index in [2.05, 4.69) is 15.5 Å². The third-order valence-corrected chi connectivity index (χ3v) is 1.000. The van der Waals surface area contributed by atoms with E-state index in [9.17, 15) is 0 Å². The maximum absolute atomic E-state index is 5.06. The van der Waals surface area contributed by atoms with Gasteiger partial charge in [0, 0.05) is 12.6 Å². The topological polar surface area (TPSA) is 46.0 Å². The highest BCUT2D eigenvalue weighted by Gasteiger charge is 2.12. The lowest BCUT2D eigenvalue weighted by molar-refractivity contribution is 0.292. The Labute approximate surface area is 80.1 Å². The number of oxime groups is 1. The van der Waals surface area contributed by atoms with Crippen LogP contribution in [0.15, 0.2) is 10.1 Å². The van der Waals surface area contributed by atoms with Gasteiger partial charge in [-0.05, 0) is 34.6 Å². The Hall–Kier alpha value is -1.06. The van der Waals surface area contributed by atoms with Gasteiger partial charge in [0.2, 0.25) is 0 Å². The molecule has 0 amide bonds. The van der Waals surface area contributed by atoms with E-state index >= 15 is 0 Å².